The molecule has 3 atom stereocenters. The number of hydrogen-bond acceptors (Lipinski definition) is 3. The monoisotopic (exact) mass is 240 g/mol. The van der Waals surface area contributed by atoms with Gasteiger partial charge in [0.25, 0.3) is 0 Å². The van der Waals surface area contributed by atoms with E-state index in [1.807, 2.05) is 0 Å². The summed E-state index contributed by atoms with van der Waals surface area (Å²) in [6.45, 7) is 8.63. The van der Waals surface area contributed by atoms with Crippen LogP contribution in [0.4, 0.5) is 0 Å². The second-order valence-electron chi connectivity index (χ2n) is 6.18. The minimum Gasteiger partial charge on any atom is -0.392 e. The number of aliphatic hydroxyl groups excluding tert-OH is 1. The summed E-state index contributed by atoms with van der Waals surface area (Å²) in [5.41, 5.74) is 0. The average molecular weight is 240 g/mol. The van der Waals surface area contributed by atoms with Gasteiger partial charge in [0.1, 0.15) is 0 Å². The van der Waals surface area contributed by atoms with E-state index in [0.717, 1.165) is 18.5 Å². The zero-order chi connectivity index (χ0) is 12.3. The van der Waals surface area contributed by atoms with Gasteiger partial charge in [-0.25, -0.2) is 0 Å². The highest BCUT2D eigenvalue weighted by atomic mass is 16.3. The molecule has 2 N–H and O–H groups in total. The van der Waals surface area contributed by atoms with Crippen molar-refractivity contribution in [2.45, 2.75) is 51.7 Å². The summed E-state index contributed by atoms with van der Waals surface area (Å²) in [6.07, 6.45) is 5.20. The smallest absolute Gasteiger partial charge is 0.0689 e. The van der Waals surface area contributed by atoms with Crippen LogP contribution in [0.15, 0.2) is 0 Å². The van der Waals surface area contributed by atoms with Gasteiger partial charge in [-0.15, -0.1) is 0 Å². The summed E-state index contributed by atoms with van der Waals surface area (Å²) < 4.78 is 0. The van der Waals surface area contributed by atoms with Gasteiger partial charge in [0.05, 0.1) is 6.10 Å². The van der Waals surface area contributed by atoms with Crippen molar-refractivity contribution in [1.29, 1.82) is 0 Å². The Labute approximate surface area is 106 Å². The number of rotatable bonds is 4. The van der Waals surface area contributed by atoms with Gasteiger partial charge in [0.15, 0.2) is 0 Å². The van der Waals surface area contributed by atoms with Crippen molar-refractivity contribution in [2.24, 2.45) is 11.8 Å². The van der Waals surface area contributed by atoms with Crippen LogP contribution >= 0.6 is 0 Å². The summed E-state index contributed by atoms with van der Waals surface area (Å²) in [5.74, 6) is 1.19. The number of likely N-dealkylation sites (tertiary alicyclic amines) is 1. The van der Waals surface area contributed by atoms with E-state index < -0.39 is 0 Å². The summed E-state index contributed by atoms with van der Waals surface area (Å²) in [5, 5.41) is 13.6. The molecule has 0 aliphatic carbocycles. The van der Waals surface area contributed by atoms with Crippen molar-refractivity contribution in [2.75, 3.05) is 26.2 Å². The van der Waals surface area contributed by atoms with Gasteiger partial charge in [0, 0.05) is 19.1 Å². The maximum atomic E-state index is 9.97. The van der Waals surface area contributed by atoms with Crippen LogP contribution in [-0.4, -0.2) is 48.3 Å². The molecular weight excluding hydrogens is 212 g/mol. The second-order valence-corrected chi connectivity index (χ2v) is 6.18. The summed E-state index contributed by atoms with van der Waals surface area (Å²) in [6, 6.07) is 0.744. The normalized spacial score (nSPS) is 33.2. The van der Waals surface area contributed by atoms with E-state index in [0.29, 0.717) is 5.92 Å². The van der Waals surface area contributed by atoms with Crippen molar-refractivity contribution in [1.82, 2.24) is 10.2 Å². The Kier molecular flexibility index (Phi) is 4.83. The largest absolute Gasteiger partial charge is 0.392 e. The van der Waals surface area contributed by atoms with E-state index in [1.54, 1.807) is 0 Å². The summed E-state index contributed by atoms with van der Waals surface area (Å²) in [4.78, 5) is 2.47. The maximum absolute atomic E-state index is 9.97. The van der Waals surface area contributed by atoms with Crippen molar-refractivity contribution in [3.05, 3.63) is 0 Å². The zero-order valence-corrected chi connectivity index (χ0v) is 11.4. The topological polar surface area (TPSA) is 35.5 Å². The molecular formula is C14H28N2O. The lowest BCUT2D eigenvalue weighted by Gasteiger charge is -2.37. The third kappa shape index (κ3) is 3.67. The predicted molar refractivity (Wildman–Crippen MR) is 71.0 cm³/mol. The Morgan fingerprint density at radius 1 is 1.29 bits per heavy atom. The van der Waals surface area contributed by atoms with Crippen LogP contribution in [0.1, 0.15) is 39.5 Å². The van der Waals surface area contributed by atoms with Gasteiger partial charge in [-0.2, -0.15) is 0 Å². The van der Waals surface area contributed by atoms with Gasteiger partial charge in [-0.1, -0.05) is 13.8 Å². The number of aliphatic hydroxyl groups is 1. The van der Waals surface area contributed by atoms with E-state index in [1.165, 1.54) is 45.3 Å². The van der Waals surface area contributed by atoms with Crippen molar-refractivity contribution in [3.8, 4) is 0 Å². The predicted octanol–water partition coefficient (Wildman–Crippen LogP) is 1.47. The Morgan fingerprint density at radius 3 is 2.76 bits per heavy atom. The molecule has 0 aromatic rings. The molecule has 0 aromatic carbocycles. The van der Waals surface area contributed by atoms with Gasteiger partial charge in [0.2, 0.25) is 0 Å². The first-order chi connectivity index (χ1) is 8.16. The molecule has 100 valence electrons. The lowest BCUT2D eigenvalue weighted by atomic mass is 9.89. The first-order valence-electron chi connectivity index (χ1n) is 7.30. The molecule has 0 spiro atoms. The van der Waals surface area contributed by atoms with Crippen molar-refractivity contribution >= 4 is 0 Å². The number of hydrogen-bond donors (Lipinski definition) is 2. The fourth-order valence-electron chi connectivity index (χ4n) is 3.17. The number of β-amino-alcohol motifs (C(OH)–C–C–N with tert-alkyl or cyclic N) is 1. The molecule has 2 heterocycles. The molecule has 2 rings (SSSR count). The van der Waals surface area contributed by atoms with E-state index in [-0.39, 0.29) is 6.10 Å². The summed E-state index contributed by atoms with van der Waals surface area (Å²) in [7, 11) is 0. The third-order valence-electron chi connectivity index (χ3n) is 4.42. The molecule has 0 aromatic heterocycles. The minimum absolute atomic E-state index is 0.162. The lowest BCUT2D eigenvalue weighted by Crippen LogP contribution is -2.46. The fraction of sp³-hybridized carbons (Fsp3) is 1.00. The Hall–Kier alpha value is -0.120. The summed E-state index contributed by atoms with van der Waals surface area (Å²) >= 11 is 0. The first kappa shape index (κ1) is 13.3. The number of piperidine rings is 1. The molecule has 2 aliphatic rings. The quantitative estimate of drug-likeness (QED) is 0.781. The molecule has 0 radical (unpaired) electrons. The van der Waals surface area contributed by atoms with Gasteiger partial charge in [-0.3, -0.25) is 0 Å². The van der Waals surface area contributed by atoms with Crippen molar-refractivity contribution in [3.63, 3.8) is 0 Å². The van der Waals surface area contributed by atoms with Crippen LogP contribution in [0.5, 0.6) is 0 Å². The SMILES string of the molecule is CC(C)C(O)CN1CCCC(C2CCCN2)C1. The maximum Gasteiger partial charge on any atom is 0.0689 e. The molecule has 3 heteroatoms. The molecule has 2 aliphatic heterocycles. The highest BCUT2D eigenvalue weighted by molar-refractivity contribution is 4.86. The molecule has 17 heavy (non-hydrogen) atoms. The highest BCUT2D eigenvalue weighted by Crippen LogP contribution is 2.25. The number of nitrogens with zero attached hydrogens (tertiary/aromatic N) is 1. The van der Waals surface area contributed by atoms with E-state index in [9.17, 15) is 5.11 Å². The molecule has 3 unspecified atom stereocenters. The first-order valence-corrected chi connectivity index (χ1v) is 7.30. The van der Waals surface area contributed by atoms with Crippen LogP contribution in [0.2, 0.25) is 0 Å². The van der Waals surface area contributed by atoms with E-state index in [4.69, 9.17) is 0 Å². The van der Waals surface area contributed by atoms with Gasteiger partial charge in [-0.05, 0) is 50.6 Å². The highest BCUT2D eigenvalue weighted by Gasteiger charge is 2.29. The zero-order valence-electron chi connectivity index (χ0n) is 11.4. The molecule has 2 fully saturated rings. The lowest BCUT2D eigenvalue weighted by molar-refractivity contribution is 0.0520. The molecule has 2 saturated heterocycles. The third-order valence-corrected chi connectivity index (χ3v) is 4.42. The van der Waals surface area contributed by atoms with Gasteiger partial charge < -0.3 is 15.3 Å². The van der Waals surface area contributed by atoms with Gasteiger partial charge >= 0.3 is 0 Å². The second kappa shape index (κ2) is 6.17. The van der Waals surface area contributed by atoms with E-state index in [2.05, 4.69) is 24.1 Å². The van der Waals surface area contributed by atoms with E-state index >= 15 is 0 Å². The standard InChI is InChI=1S/C14H28N2O/c1-11(2)14(17)10-16-8-4-5-12(9-16)13-6-3-7-15-13/h11-15,17H,3-10H2,1-2H3. The van der Waals surface area contributed by atoms with Crippen LogP contribution < -0.4 is 5.32 Å². The van der Waals surface area contributed by atoms with Crippen molar-refractivity contribution < 1.29 is 5.11 Å². The Balaban J connectivity index is 1.80. The van der Waals surface area contributed by atoms with Crippen LogP contribution in [0.25, 0.3) is 0 Å². The fourth-order valence-corrected chi connectivity index (χ4v) is 3.17. The van der Waals surface area contributed by atoms with Crippen LogP contribution in [0.3, 0.4) is 0 Å². The number of nitrogens with one attached hydrogen (secondary N) is 1. The Morgan fingerprint density at radius 2 is 2.12 bits per heavy atom. The average Bonchev–Trinajstić information content (AvgIpc) is 2.82. The van der Waals surface area contributed by atoms with Crippen LogP contribution in [-0.2, 0) is 0 Å². The molecule has 0 amide bonds. The Bertz CT molecular complexity index is 226. The molecule has 0 saturated carbocycles. The minimum atomic E-state index is -0.162. The molecule has 0 bridgehead atoms. The molecule has 3 nitrogen and oxygen atoms in total. The van der Waals surface area contributed by atoms with Crippen LogP contribution in [0, 0.1) is 11.8 Å².